The lowest BCUT2D eigenvalue weighted by Gasteiger charge is -2.33. The van der Waals surface area contributed by atoms with Crippen molar-refractivity contribution in [3.05, 3.63) is 63.7 Å². The highest BCUT2D eigenvalue weighted by molar-refractivity contribution is 6.08. The van der Waals surface area contributed by atoms with Crippen molar-refractivity contribution in [1.29, 1.82) is 0 Å². The highest BCUT2D eigenvalue weighted by Crippen LogP contribution is 2.33. The van der Waals surface area contributed by atoms with E-state index in [0.717, 1.165) is 43.9 Å². The predicted molar refractivity (Wildman–Crippen MR) is 105 cm³/mol. The summed E-state index contributed by atoms with van der Waals surface area (Å²) in [5, 5.41) is 11.7. The van der Waals surface area contributed by atoms with Crippen LogP contribution < -0.4 is 9.80 Å². The number of nitrogens with zero attached hydrogens (tertiary/aromatic N) is 4. The maximum Gasteiger partial charge on any atom is 0.293 e. The van der Waals surface area contributed by atoms with Crippen molar-refractivity contribution in [2.45, 2.75) is 6.42 Å². The van der Waals surface area contributed by atoms with Crippen LogP contribution in [-0.4, -0.2) is 55.5 Å². The van der Waals surface area contributed by atoms with Crippen molar-refractivity contribution in [1.82, 2.24) is 4.90 Å². The van der Waals surface area contributed by atoms with Crippen molar-refractivity contribution in [3.63, 3.8) is 0 Å². The summed E-state index contributed by atoms with van der Waals surface area (Å²) < 4.78 is 0. The second-order valence-electron chi connectivity index (χ2n) is 7.09. The number of hydrogen-bond acceptors (Lipinski definition) is 5. The lowest BCUT2D eigenvalue weighted by molar-refractivity contribution is -0.384. The third-order valence-electron chi connectivity index (χ3n) is 5.40. The monoisotopic (exact) mass is 366 g/mol. The molecule has 4 rings (SSSR count). The fourth-order valence-electron chi connectivity index (χ4n) is 3.82. The molecule has 0 N–H and O–H groups in total. The molecule has 2 aliphatic rings. The first-order chi connectivity index (χ1) is 13.0. The Bertz CT molecular complexity index is 891. The summed E-state index contributed by atoms with van der Waals surface area (Å²) in [6.45, 7) is 3.81. The van der Waals surface area contributed by atoms with Gasteiger partial charge in [-0.05, 0) is 37.2 Å². The molecular weight excluding hydrogens is 344 g/mol. The van der Waals surface area contributed by atoms with Crippen LogP contribution in [0.2, 0.25) is 0 Å². The van der Waals surface area contributed by atoms with Crippen LogP contribution >= 0.6 is 0 Å². The minimum Gasteiger partial charge on any atom is -0.363 e. The van der Waals surface area contributed by atoms with Gasteiger partial charge in [0.25, 0.3) is 11.6 Å². The maximum atomic E-state index is 13.0. The third-order valence-corrected chi connectivity index (χ3v) is 5.40. The summed E-state index contributed by atoms with van der Waals surface area (Å²) >= 11 is 0. The van der Waals surface area contributed by atoms with Crippen molar-refractivity contribution in [2.75, 3.05) is 49.6 Å². The zero-order chi connectivity index (χ0) is 19.0. The van der Waals surface area contributed by atoms with Crippen molar-refractivity contribution in [2.24, 2.45) is 0 Å². The topological polar surface area (TPSA) is 69.9 Å². The highest BCUT2D eigenvalue weighted by atomic mass is 16.6. The van der Waals surface area contributed by atoms with Crippen LogP contribution in [0.1, 0.15) is 15.9 Å². The van der Waals surface area contributed by atoms with E-state index in [1.165, 1.54) is 6.07 Å². The molecule has 1 saturated heterocycles. The Hall–Kier alpha value is -2.93. The molecule has 140 valence electrons. The van der Waals surface area contributed by atoms with Crippen LogP contribution in [0.3, 0.4) is 0 Å². The van der Waals surface area contributed by atoms with Gasteiger partial charge in [-0.25, -0.2) is 0 Å². The molecule has 0 saturated carbocycles. The number of para-hydroxylation sites is 1. The van der Waals surface area contributed by atoms with Gasteiger partial charge >= 0.3 is 0 Å². The second-order valence-corrected chi connectivity index (χ2v) is 7.09. The van der Waals surface area contributed by atoms with E-state index in [1.807, 2.05) is 36.2 Å². The summed E-state index contributed by atoms with van der Waals surface area (Å²) in [5.41, 5.74) is 2.98. The van der Waals surface area contributed by atoms with Gasteiger partial charge in [-0.1, -0.05) is 18.2 Å². The minimum atomic E-state index is -0.387. The summed E-state index contributed by atoms with van der Waals surface area (Å²) in [7, 11) is 2.04. The number of carbonyl (C=O) groups is 1. The van der Waals surface area contributed by atoms with Crippen molar-refractivity contribution in [3.8, 4) is 0 Å². The fraction of sp³-hybridized carbons (Fsp3) is 0.350. The molecule has 0 bridgehead atoms. The molecular formula is C20H22N4O3. The molecule has 7 heteroatoms. The molecule has 0 aliphatic carbocycles. The molecule has 2 aliphatic heterocycles. The minimum absolute atomic E-state index is 0.00196. The Morgan fingerprint density at radius 3 is 2.48 bits per heavy atom. The smallest absolute Gasteiger partial charge is 0.293 e. The summed E-state index contributed by atoms with van der Waals surface area (Å²) in [6.07, 6.45) is 0.809. The second kappa shape index (κ2) is 7.00. The van der Waals surface area contributed by atoms with Crippen molar-refractivity contribution < 1.29 is 9.72 Å². The molecule has 0 radical (unpaired) electrons. The number of carbonyl (C=O) groups excluding carboxylic acids is 1. The number of fused-ring (bicyclic) bond motifs is 1. The Balaban J connectivity index is 1.64. The average molecular weight is 366 g/mol. The number of benzene rings is 2. The van der Waals surface area contributed by atoms with Gasteiger partial charge in [0, 0.05) is 50.0 Å². The van der Waals surface area contributed by atoms with Gasteiger partial charge < -0.3 is 14.7 Å². The molecule has 2 aromatic carbocycles. The first kappa shape index (κ1) is 17.5. The van der Waals surface area contributed by atoms with Crippen LogP contribution in [0.4, 0.5) is 17.1 Å². The van der Waals surface area contributed by atoms with Crippen LogP contribution in [0.5, 0.6) is 0 Å². The highest BCUT2D eigenvalue weighted by Gasteiger charge is 2.28. The zero-order valence-electron chi connectivity index (χ0n) is 15.3. The molecule has 2 heterocycles. The average Bonchev–Trinajstić information content (AvgIpc) is 3.12. The van der Waals surface area contributed by atoms with Gasteiger partial charge in [-0.15, -0.1) is 0 Å². The number of likely N-dealkylation sites (N-methyl/N-ethyl adjacent to an activating group) is 1. The van der Waals surface area contributed by atoms with E-state index < -0.39 is 0 Å². The lowest BCUT2D eigenvalue weighted by atomic mass is 10.1. The quantitative estimate of drug-likeness (QED) is 0.617. The zero-order valence-corrected chi connectivity index (χ0v) is 15.3. The van der Waals surface area contributed by atoms with Gasteiger partial charge in [0.1, 0.15) is 5.69 Å². The molecule has 7 nitrogen and oxygen atoms in total. The molecule has 1 fully saturated rings. The summed E-state index contributed by atoms with van der Waals surface area (Å²) in [4.78, 5) is 30.2. The Kier molecular flexibility index (Phi) is 4.53. The number of piperazine rings is 1. The lowest BCUT2D eigenvalue weighted by Crippen LogP contribution is -2.44. The van der Waals surface area contributed by atoms with Gasteiger partial charge in [0.2, 0.25) is 0 Å². The number of nitro groups is 1. The van der Waals surface area contributed by atoms with E-state index in [2.05, 4.69) is 4.90 Å². The number of amides is 1. The third kappa shape index (κ3) is 3.26. The number of hydrogen-bond donors (Lipinski definition) is 0. The number of anilines is 2. The van der Waals surface area contributed by atoms with E-state index in [4.69, 9.17) is 0 Å². The van der Waals surface area contributed by atoms with Gasteiger partial charge in [0.05, 0.1) is 4.92 Å². The standard InChI is InChI=1S/C20H22N4O3/c1-21-10-12-22(13-11-21)18-7-6-16(14-19(18)24(26)27)20(25)23-9-8-15-4-2-3-5-17(15)23/h2-7,14H,8-13H2,1H3. The van der Waals surface area contributed by atoms with E-state index in [0.29, 0.717) is 17.8 Å². The predicted octanol–water partition coefficient (Wildman–Crippen LogP) is 2.55. The summed E-state index contributed by atoms with van der Waals surface area (Å²) in [6, 6.07) is 12.7. The Morgan fingerprint density at radius 2 is 1.74 bits per heavy atom. The van der Waals surface area contributed by atoms with E-state index in [1.54, 1.807) is 17.0 Å². The molecule has 0 aromatic heterocycles. The van der Waals surface area contributed by atoms with Crippen LogP contribution in [-0.2, 0) is 6.42 Å². The molecule has 0 spiro atoms. The molecule has 0 unspecified atom stereocenters. The maximum absolute atomic E-state index is 13.0. The van der Waals surface area contributed by atoms with Crippen LogP contribution in [0.25, 0.3) is 0 Å². The fourth-order valence-corrected chi connectivity index (χ4v) is 3.82. The largest absolute Gasteiger partial charge is 0.363 e. The first-order valence-corrected chi connectivity index (χ1v) is 9.16. The van der Waals surface area contributed by atoms with Gasteiger partial charge in [-0.2, -0.15) is 0 Å². The number of nitro benzene ring substituents is 1. The molecule has 1 amide bonds. The van der Waals surface area contributed by atoms with E-state index in [9.17, 15) is 14.9 Å². The molecule has 0 atom stereocenters. The Morgan fingerprint density at radius 1 is 1.00 bits per heavy atom. The van der Waals surface area contributed by atoms with E-state index in [-0.39, 0.29) is 16.5 Å². The first-order valence-electron chi connectivity index (χ1n) is 9.16. The normalized spacial score (nSPS) is 17.1. The van der Waals surface area contributed by atoms with Gasteiger partial charge in [0.15, 0.2) is 0 Å². The van der Waals surface area contributed by atoms with Crippen LogP contribution in [0.15, 0.2) is 42.5 Å². The van der Waals surface area contributed by atoms with Crippen molar-refractivity contribution >= 4 is 23.0 Å². The summed E-state index contributed by atoms with van der Waals surface area (Å²) in [5.74, 6) is -0.187. The molecule has 27 heavy (non-hydrogen) atoms. The Labute approximate surface area is 157 Å². The molecule has 2 aromatic rings. The number of rotatable bonds is 3. The van der Waals surface area contributed by atoms with Gasteiger partial charge in [-0.3, -0.25) is 14.9 Å². The van der Waals surface area contributed by atoms with E-state index >= 15 is 0 Å². The SMILES string of the molecule is CN1CCN(c2ccc(C(=O)N3CCc4ccccc43)cc2[N+](=O)[O-])CC1. The van der Waals surface area contributed by atoms with Crippen LogP contribution in [0, 0.1) is 10.1 Å².